The molecule has 1 aliphatic heterocycles. The van der Waals surface area contributed by atoms with Crippen molar-refractivity contribution in [1.82, 2.24) is 4.57 Å². The molecule has 13 heavy (non-hydrogen) atoms. The van der Waals surface area contributed by atoms with Crippen LogP contribution >= 0.6 is 0 Å². The van der Waals surface area contributed by atoms with Crippen LogP contribution < -0.4 is 0 Å². The third kappa shape index (κ3) is 1.41. The predicted molar refractivity (Wildman–Crippen MR) is 56.2 cm³/mol. The fraction of sp³-hybridized carbons (Fsp3) is 0.667. The molecule has 1 aromatic rings. The van der Waals surface area contributed by atoms with E-state index in [1.807, 2.05) is 0 Å². The average molecular weight is 177 g/mol. The van der Waals surface area contributed by atoms with E-state index in [1.165, 1.54) is 31.4 Å². The number of aryl methyl sites for hydroxylation is 2. The zero-order valence-electron chi connectivity index (χ0n) is 8.93. The zero-order chi connectivity index (χ0) is 9.42. The number of aromatic nitrogens is 1. The van der Waals surface area contributed by atoms with Crippen LogP contribution in [0.4, 0.5) is 0 Å². The van der Waals surface area contributed by atoms with E-state index >= 15 is 0 Å². The van der Waals surface area contributed by atoms with Gasteiger partial charge in [-0.3, -0.25) is 0 Å². The smallest absolute Gasteiger partial charge is 0.0232 e. The summed E-state index contributed by atoms with van der Waals surface area (Å²) in [7, 11) is 0. The Morgan fingerprint density at radius 3 is 2.77 bits per heavy atom. The van der Waals surface area contributed by atoms with Gasteiger partial charge in [-0.25, -0.2) is 0 Å². The molecule has 0 bridgehead atoms. The Hall–Kier alpha value is -0.720. The molecule has 0 N–H and O–H groups in total. The van der Waals surface area contributed by atoms with Crippen molar-refractivity contribution < 1.29 is 0 Å². The van der Waals surface area contributed by atoms with Crippen LogP contribution in [0.1, 0.15) is 49.6 Å². The van der Waals surface area contributed by atoms with Crippen molar-refractivity contribution in [2.75, 3.05) is 0 Å². The Kier molecular flexibility index (Phi) is 2.19. The van der Waals surface area contributed by atoms with Crippen molar-refractivity contribution in [3.63, 3.8) is 0 Å². The molecule has 1 aromatic heterocycles. The lowest BCUT2D eigenvalue weighted by atomic mass is 10.1. The first kappa shape index (κ1) is 8.86. The highest BCUT2D eigenvalue weighted by molar-refractivity contribution is 5.30. The van der Waals surface area contributed by atoms with Gasteiger partial charge in [-0.1, -0.05) is 13.8 Å². The fourth-order valence-corrected chi connectivity index (χ4v) is 2.58. The summed E-state index contributed by atoms with van der Waals surface area (Å²) in [6.45, 7) is 8.09. The summed E-state index contributed by atoms with van der Waals surface area (Å²) in [6, 6.07) is 2.38. The maximum absolute atomic E-state index is 2.55. The highest BCUT2D eigenvalue weighted by Gasteiger charge is 2.17. The minimum atomic E-state index is 0.673. The van der Waals surface area contributed by atoms with Gasteiger partial charge in [0.25, 0.3) is 0 Å². The van der Waals surface area contributed by atoms with Crippen LogP contribution in [0.3, 0.4) is 0 Å². The first-order chi connectivity index (χ1) is 6.20. The van der Waals surface area contributed by atoms with Crippen molar-refractivity contribution in [2.45, 2.75) is 52.5 Å². The molecule has 0 saturated heterocycles. The van der Waals surface area contributed by atoms with Gasteiger partial charge >= 0.3 is 0 Å². The second kappa shape index (κ2) is 3.21. The third-order valence-corrected chi connectivity index (χ3v) is 3.04. The van der Waals surface area contributed by atoms with Crippen LogP contribution in [0.25, 0.3) is 0 Å². The second-order valence-electron chi connectivity index (χ2n) is 4.47. The van der Waals surface area contributed by atoms with Crippen molar-refractivity contribution in [1.29, 1.82) is 0 Å². The van der Waals surface area contributed by atoms with E-state index in [-0.39, 0.29) is 0 Å². The van der Waals surface area contributed by atoms with Crippen molar-refractivity contribution in [3.8, 4) is 0 Å². The van der Waals surface area contributed by atoms with E-state index in [4.69, 9.17) is 0 Å². The molecule has 0 radical (unpaired) electrons. The summed E-state index contributed by atoms with van der Waals surface area (Å²) in [5.74, 6) is 0.673. The maximum Gasteiger partial charge on any atom is 0.0232 e. The summed E-state index contributed by atoms with van der Waals surface area (Å²) < 4.78 is 2.55. The summed E-state index contributed by atoms with van der Waals surface area (Å²) in [6.07, 6.45) is 4.02. The van der Waals surface area contributed by atoms with Gasteiger partial charge in [-0.15, -0.1) is 0 Å². The van der Waals surface area contributed by atoms with E-state index in [0.29, 0.717) is 5.92 Å². The van der Waals surface area contributed by atoms with Crippen LogP contribution in [0, 0.1) is 6.92 Å². The zero-order valence-corrected chi connectivity index (χ0v) is 8.93. The summed E-state index contributed by atoms with van der Waals surface area (Å²) in [5.41, 5.74) is 4.62. The Labute approximate surface area is 80.8 Å². The monoisotopic (exact) mass is 177 g/mol. The van der Waals surface area contributed by atoms with E-state index < -0.39 is 0 Å². The predicted octanol–water partition coefficient (Wildman–Crippen LogP) is 3.26. The quantitative estimate of drug-likeness (QED) is 0.620. The first-order valence-electron chi connectivity index (χ1n) is 5.39. The van der Waals surface area contributed by atoms with Crippen LogP contribution in [-0.2, 0) is 13.0 Å². The van der Waals surface area contributed by atoms with E-state index in [2.05, 4.69) is 31.4 Å². The Bertz CT molecular complexity index is 307. The summed E-state index contributed by atoms with van der Waals surface area (Å²) >= 11 is 0. The van der Waals surface area contributed by atoms with Crippen LogP contribution in [0.15, 0.2) is 6.07 Å². The van der Waals surface area contributed by atoms with E-state index in [9.17, 15) is 0 Å². The minimum absolute atomic E-state index is 0.673. The van der Waals surface area contributed by atoms with E-state index in [0.717, 1.165) is 0 Å². The van der Waals surface area contributed by atoms with Crippen LogP contribution in [0.2, 0.25) is 0 Å². The van der Waals surface area contributed by atoms with Gasteiger partial charge < -0.3 is 4.57 Å². The van der Waals surface area contributed by atoms with Gasteiger partial charge in [0.1, 0.15) is 0 Å². The molecule has 0 saturated carbocycles. The third-order valence-electron chi connectivity index (χ3n) is 3.04. The normalized spacial score (nSPS) is 16.3. The van der Waals surface area contributed by atoms with Gasteiger partial charge in [0.15, 0.2) is 0 Å². The lowest BCUT2D eigenvalue weighted by molar-refractivity contribution is 0.508. The molecule has 0 atom stereocenters. The second-order valence-corrected chi connectivity index (χ2v) is 4.47. The maximum atomic E-state index is 2.55. The van der Waals surface area contributed by atoms with Crippen molar-refractivity contribution in [2.24, 2.45) is 0 Å². The molecule has 72 valence electrons. The standard InChI is InChI=1S/C12H19N/c1-9(2)12-10(3)8-11-6-4-5-7-13(11)12/h8-9H,4-7H2,1-3H3. The minimum Gasteiger partial charge on any atom is -0.348 e. The first-order valence-corrected chi connectivity index (χ1v) is 5.39. The molecular weight excluding hydrogens is 158 g/mol. The van der Waals surface area contributed by atoms with Crippen LogP contribution in [-0.4, -0.2) is 4.57 Å². The highest BCUT2D eigenvalue weighted by Crippen LogP contribution is 2.27. The largest absolute Gasteiger partial charge is 0.348 e. The molecule has 1 heteroatoms. The number of rotatable bonds is 1. The van der Waals surface area contributed by atoms with Gasteiger partial charge in [-0.05, 0) is 43.7 Å². The molecule has 0 amide bonds. The Balaban J connectivity index is 2.48. The molecule has 0 fully saturated rings. The van der Waals surface area contributed by atoms with E-state index in [1.54, 1.807) is 11.4 Å². The molecule has 2 rings (SSSR count). The molecule has 0 aliphatic carbocycles. The Morgan fingerprint density at radius 1 is 1.31 bits per heavy atom. The molecule has 2 heterocycles. The van der Waals surface area contributed by atoms with Gasteiger partial charge in [-0.2, -0.15) is 0 Å². The lowest BCUT2D eigenvalue weighted by Gasteiger charge is -2.20. The molecule has 0 unspecified atom stereocenters. The summed E-state index contributed by atoms with van der Waals surface area (Å²) in [5, 5.41) is 0. The molecular formula is C12H19N. The Morgan fingerprint density at radius 2 is 2.08 bits per heavy atom. The number of hydrogen-bond acceptors (Lipinski definition) is 0. The number of nitrogens with zero attached hydrogens (tertiary/aromatic N) is 1. The van der Waals surface area contributed by atoms with Gasteiger partial charge in [0.05, 0.1) is 0 Å². The molecule has 0 aromatic carbocycles. The molecule has 1 nitrogen and oxygen atoms in total. The van der Waals surface area contributed by atoms with Crippen molar-refractivity contribution >= 4 is 0 Å². The van der Waals surface area contributed by atoms with Crippen LogP contribution in [0.5, 0.6) is 0 Å². The SMILES string of the molecule is Cc1cc2n(c1C(C)C)CCCC2. The average Bonchev–Trinajstić information content (AvgIpc) is 2.39. The highest BCUT2D eigenvalue weighted by atomic mass is 15.0. The topological polar surface area (TPSA) is 4.93 Å². The molecule has 0 spiro atoms. The lowest BCUT2D eigenvalue weighted by Crippen LogP contribution is -2.13. The fourth-order valence-electron chi connectivity index (χ4n) is 2.58. The molecule has 1 aliphatic rings. The number of fused-ring (bicyclic) bond motifs is 1. The van der Waals surface area contributed by atoms with Gasteiger partial charge in [0.2, 0.25) is 0 Å². The summed E-state index contributed by atoms with van der Waals surface area (Å²) in [4.78, 5) is 0. The van der Waals surface area contributed by atoms with Crippen molar-refractivity contribution in [3.05, 3.63) is 23.0 Å². The number of hydrogen-bond donors (Lipinski definition) is 0. The van der Waals surface area contributed by atoms with Gasteiger partial charge in [0, 0.05) is 17.9 Å².